The third kappa shape index (κ3) is 3.85. The van der Waals surface area contributed by atoms with Crippen molar-refractivity contribution in [2.75, 3.05) is 7.11 Å². The highest BCUT2D eigenvalue weighted by Crippen LogP contribution is 2.45. The van der Waals surface area contributed by atoms with Gasteiger partial charge in [-0.25, -0.2) is 9.59 Å². The van der Waals surface area contributed by atoms with Gasteiger partial charge >= 0.3 is 11.6 Å². The zero-order valence-electron chi connectivity index (χ0n) is 18.5. The van der Waals surface area contributed by atoms with Crippen molar-refractivity contribution in [2.45, 2.75) is 5.92 Å². The second-order valence-electron chi connectivity index (χ2n) is 7.74. The van der Waals surface area contributed by atoms with Crippen molar-refractivity contribution in [3.8, 4) is 23.3 Å². The van der Waals surface area contributed by atoms with E-state index in [1.54, 1.807) is 49.6 Å². The lowest BCUT2D eigenvalue weighted by molar-refractivity contribution is 0.0730. The van der Waals surface area contributed by atoms with Crippen LogP contribution >= 0.6 is 0 Å². The Morgan fingerprint density at radius 1 is 1.03 bits per heavy atom. The Balaban J connectivity index is 1.51. The Kier molecular flexibility index (Phi) is 5.43. The average molecular weight is 466 g/mol. The average Bonchev–Trinajstić information content (AvgIpc) is 2.87. The van der Waals surface area contributed by atoms with Crippen molar-refractivity contribution >= 4 is 16.9 Å². The number of nitrogens with zero attached hydrogens (tertiary/aromatic N) is 1. The van der Waals surface area contributed by atoms with Crippen molar-refractivity contribution < 1.29 is 23.4 Å². The Hall–Kier alpha value is -5.03. The van der Waals surface area contributed by atoms with E-state index in [0.29, 0.717) is 28.0 Å². The fourth-order valence-electron chi connectivity index (χ4n) is 4.09. The largest absolute Gasteiger partial charge is 0.496 e. The first kappa shape index (κ1) is 21.8. The molecule has 0 fully saturated rings. The summed E-state index contributed by atoms with van der Waals surface area (Å²) in [5, 5.41) is 10.4. The van der Waals surface area contributed by atoms with Crippen LogP contribution in [0.1, 0.15) is 27.4 Å². The zero-order valence-corrected chi connectivity index (χ0v) is 18.5. The Labute approximate surface area is 199 Å². The van der Waals surface area contributed by atoms with Crippen LogP contribution in [0.3, 0.4) is 0 Å². The topological polar surface area (TPSA) is 125 Å². The van der Waals surface area contributed by atoms with Crippen molar-refractivity contribution in [3.63, 3.8) is 0 Å². The monoisotopic (exact) mass is 466 g/mol. The van der Waals surface area contributed by atoms with Crippen molar-refractivity contribution in [1.82, 2.24) is 0 Å². The summed E-state index contributed by atoms with van der Waals surface area (Å²) in [5.74, 6) is -0.444. The molecule has 1 atom stereocenters. The van der Waals surface area contributed by atoms with E-state index in [-0.39, 0.29) is 22.8 Å². The predicted molar refractivity (Wildman–Crippen MR) is 126 cm³/mol. The first-order valence-corrected chi connectivity index (χ1v) is 10.6. The molecule has 2 N–H and O–H groups in total. The minimum Gasteiger partial charge on any atom is -0.496 e. The Bertz CT molecular complexity index is 1610. The molecule has 3 aromatic carbocycles. The number of esters is 1. The van der Waals surface area contributed by atoms with Crippen LogP contribution in [0.4, 0.5) is 0 Å². The van der Waals surface area contributed by atoms with Gasteiger partial charge < -0.3 is 24.4 Å². The summed E-state index contributed by atoms with van der Waals surface area (Å²) in [4.78, 5) is 25.1. The van der Waals surface area contributed by atoms with E-state index in [0.717, 1.165) is 5.56 Å². The lowest BCUT2D eigenvalue weighted by Crippen LogP contribution is -2.22. The molecule has 8 heteroatoms. The van der Waals surface area contributed by atoms with E-state index in [2.05, 4.69) is 6.07 Å². The summed E-state index contributed by atoms with van der Waals surface area (Å²) in [5.41, 5.74) is 7.02. The smallest absolute Gasteiger partial charge is 0.351 e. The molecule has 5 rings (SSSR count). The number of ether oxygens (including phenoxy) is 3. The Morgan fingerprint density at radius 2 is 1.80 bits per heavy atom. The first-order valence-electron chi connectivity index (χ1n) is 10.6. The minimum atomic E-state index is -0.872. The van der Waals surface area contributed by atoms with Crippen LogP contribution in [0.5, 0.6) is 17.2 Å². The summed E-state index contributed by atoms with van der Waals surface area (Å²) in [7, 11) is 1.55. The van der Waals surface area contributed by atoms with Crippen LogP contribution in [0.25, 0.3) is 11.0 Å². The van der Waals surface area contributed by atoms with Crippen LogP contribution < -0.4 is 25.6 Å². The van der Waals surface area contributed by atoms with Crippen LogP contribution in [0.2, 0.25) is 0 Å². The minimum absolute atomic E-state index is 0.0606. The molecule has 1 unspecified atom stereocenters. The maximum atomic E-state index is 12.8. The van der Waals surface area contributed by atoms with Gasteiger partial charge in [-0.15, -0.1) is 0 Å². The van der Waals surface area contributed by atoms with Crippen LogP contribution in [-0.4, -0.2) is 13.1 Å². The molecule has 1 aromatic heterocycles. The molecule has 1 aliphatic rings. The van der Waals surface area contributed by atoms with Crippen molar-refractivity contribution in [2.24, 2.45) is 5.73 Å². The number of methoxy groups -OCH3 is 1. The molecule has 0 saturated heterocycles. The fraction of sp³-hybridized carbons (Fsp3) is 0.0741. The molecule has 1 aliphatic heterocycles. The number of nitriles is 1. The second kappa shape index (κ2) is 8.72. The van der Waals surface area contributed by atoms with Gasteiger partial charge in [-0.05, 0) is 24.3 Å². The van der Waals surface area contributed by atoms with E-state index < -0.39 is 17.5 Å². The summed E-state index contributed by atoms with van der Waals surface area (Å²) < 4.78 is 21.8. The maximum Gasteiger partial charge on any atom is 0.351 e. The number of rotatable bonds is 4. The van der Waals surface area contributed by atoms with Crippen LogP contribution in [0.15, 0.2) is 93.5 Å². The molecule has 2 heterocycles. The van der Waals surface area contributed by atoms with Crippen LogP contribution in [0, 0.1) is 11.3 Å². The van der Waals surface area contributed by atoms with E-state index in [1.807, 2.05) is 18.2 Å². The lowest BCUT2D eigenvalue weighted by Gasteiger charge is -2.27. The van der Waals surface area contributed by atoms with E-state index in [9.17, 15) is 14.9 Å². The molecule has 0 amide bonds. The first-order chi connectivity index (χ1) is 17.0. The molecule has 0 aliphatic carbocycles. The summed E-state index contributed by atoms with van der Waals surface area (Å²) in [6.07, 6.45) is 0. The normalized spacial score (nSPS) is 14.6. The number of para-hydroxylation sites is 2. The molecule has 0 spiro atoms. The molecular weight excluding hydrogens is 448 g/mol. The zero-order chi connectivity index (χ0) is 24.5. The molecule has 0 bridgehead atoms. The van der Waals surface area contributed by atoms with E-state index in [4.69, 9.17) is 24.4 Å². The SMILES string of the molecule is COc1ccccc1C1C(C#N)=C(N)Oc2cc(OC(=O)c3cc4ccccc4oc3=O)ccc21. The third-order valence-corrected chi connectivity index (χ3v) is 5.71. The standard InChI is InChI=1S/C27H18N2O6/c1-32-22-9-5-3-7-17(22)24-18-11-10-16(13-23(18)34-25(29)20(24)14-28)33-26(30)19-12-15-6-2-4-8-21(15)35-27(19)31/h2-13,24H,29H2,1H3. The van der Waals surface area contributed by atoms with Crippen molar-refractivity contribution in [1.29, 1.82) is 5.26 Å². The highest BCUT2D eigenvalue weighted by molar-refractivity contribution is 5.94. The number of fused-ring (bicyclic) bond motifs is 2. The van der Waals surface area contributed by atoms with Gasteiger partial charge in [-0.1, -0.05) is 42.5 Å². The second-order valence-corrected chi connectivity index (χ2v) is 7.74. The van der Waals surface area contributed by atoms with Gasteiger partial charge in [0.25, 0.3) is 0 Å². The number of carbonyl (C=O) groups is 1. The molecular formula is C27H18N2O6. The van der Waals surface area contributed by atoms with Gasteiger partial charge in [-0.2, -0.15) is 5.26 Å². The number of nitrogens with two attached hydrogens (primary N) is 1. The number of benzene rings is 3. The van der Waals surface area contributed by atoms with Gasteiger partial charge in [0, 0.05) is 22.6 Å². The number of hydrogen-bond acceptors (Lipinski definition) is 8. The molecule has 8 nitrogen and oxygen atoms in total. The third-order valence-electron chi connectivity index (χ3n) is 5.71. The fourth-order valence-corrected chi connectivity index (χ4v) is 4.09. The maximum absolute atomic E-state index is 12.8. The van der Waals surface area contributed by atoms with Gasteiger partial charge in [0.1, 0.15) is 40.0 Å². The number of hydrogen-bond donors (Lipinski definition) is 1. The van der Waals surface area contributed by atoms with Crippen molar-refractivity contribution in [3.05, 3.63) is 111 Å². The highest BCUT2D eigenvalue weighted by Gasteiger charge is 2.33. The lowest BCUT2D eigenvalue weighted by atomic mass is 9.83. The Morgan fingerprint density at radius 3 is 2.60 bits per heavy atom. The molecule has 0 saturated carbocycles. The molecule has 0 radical (unpaired) electrons. The quantitative estimate of drug-likeness (QED) is 0.269. The van der Waals surface area contributed by atoms with Gasteiger partial charge in [0.2, 0.25) is 5.88 Å². The highest BCUT2D eigenvalue weighted by atomic mass is 16.5. The van der Waals surface area contributed by atoms with Gasteiger partial charge in [0.05, 0.1) is 13.0 Å². The summed E-state index contributed by atoms with van der Waals surface area (Å²) >= 11 is 0. The molecule has 172 valence electrons. The van der Waals surface area contributed by atoms with E-state index in [1.165, 1.54) is 12.1 Å². The number of carbonyl (C=O) groups excluding carboxylic acids is 1. The van der Waals surface area contributed by atoms with Gasteiger partial charge in [0.15, 0.2) is 0 Å². The summed E-state index contributed by atoms with van der Waals surface area (Å²) in [6.45, 7) is 0. The molecule has 35 heavy (non-hydrogen) atoms. The molecule has 4 aromatic rings. The van der Waals surface area contributed by atoms with Gasteiger partial charge in [-0.3, -0.25) is 0 Å². The summed E-state index contributed by atoms with van der Waals surface area (Å²) in [6, 6.07) is 22.4. The number of allylic oxidation sites excluding steroid dienone is 1. The predicted octanol–water partition coefficient (Wildman–Crippen LogP) is 4.24. The van der Waals surface area contributed by atoms with E-state index >= 15 is 0 Å². The van der Waals surface area contributed by atoms with Crippen LogP contribution in [-0.2, 0) is 0 Å².